The number of rotatable bonds is 9. The van der Waals surface area contributed by atoms with E-state index in [4.69, 9.17) is 0 Å². The predicted octanol–water partition coefficient (Wildman–Crippen LogP) is 3.53. The van der Waals surface area contributed by atoms with E-state index in [0.717, 1.165) is 25.6 Å². The molecule has 1 aromatic carbocycles. The van der Waals surface area contributed by atoms with Gasteiger partial charge in [-0.25, -0.2) is 0 Å². The highest BCUT2D eigenvalue weighted by molar-refractivity contribution is 5.25. The maximum absolute atomic E-state index is 3.53. The first-order valence-corrected chi connectivity index (χ1v) is 7.92. The van der Waals surface area contributed by atoms with Crippen molar-refractivity contribution in [3.05, 3.63) is 35.9 Å². The van der Waals surface area contributed by atoms with Crippen LogP contribution in [0, 0.1) is 5.92 Å². The van der Waals surface area contributed by atoms with E-state index in [1.807, 2.05) is 0 Å². The van der Waals surface area contributed by atoms with Crippen molar-refractivity contribution in [2.75, 3.05) is 33.2 Å². The molecular weight excluding hydrogens is 244 g/mol. The van der Waals surface area contributed by atoms with Crippen molar-refractivity contribution in [3.63, 3.8) is 0 Å². The van der Waals surface area contributed by atoms with Crippen LogP contribution in [0.5, 0.6) is 0 Å². The zero-order chi connectivity index (χ0) is 15.0. The fraction of sp³-hybridized carbons (Fsp3) is 0.667. The van der Waals surface area contributed by atoms with Gasteiger partial charge in [-0.3, -0.25) is 0 Å². The van der Waals surface area contributed by atoms with Crippen LogP contribution in [0.2, 0.25) is 0 Å². The molecule has 20 heavy (non-hydrogen) atoms. The molecule has 0 amide bonds. The Kier molecular flexibility index (Phi) is 7.25. The van der Waals surface area contributed by atoms with Gasteiger partial charge in [-0.2, -0.15) is 0 Å². The zero-order valence-electron chi connectivity index (χ0n) is 13.9. The molecule has 2 nitrogen and oxygen atoms in total. The molecule has 0 aromatic heterocycles. The van der Waals surface area contributed by atoms with Crippen LogP contribution in [0.4, 0.5) is 0 Å². The minimum Gasteiger partial charge on any atom is -0.316 e. The van der Waals surface area contributed by atoms with Gasteiger partial charge < -0.3 is 10.2 Å². The molecule has 0 aliphatic carbocycles. The molecule has 0 spiro atoms. The van der Waals surface area contributed by atoms with Crippen LogP contribution in [0.3, 0.4) is 0 Å². The number of nitrogens with zero attached hydrogens (tertiary/aromatic N) is 1. The van der Waals surface area contributed by atoms with Crippen LogP contribution in [0.15, 0.2) is 30.3 Å². The third-order valence-electron chi connectivity index (χ3n) is 3.94. The summed E-state index contributed by atoms with van der Waals surface area (Å²) in [6.07, 6.45) is 1.27. The van der Waals surface area contributed by atoms with Crippen molar-refractivity contribution < 1.29 is 0 Å². The van der Waals surface area contributed by atoms with E-state index < -0.39 is 0 Å². The van der Waals surface area contributed by atoms with Crippen molar-refractivity contribution in [1.82, 2.24) is 10.2 Å². The first kappa shape index (κ1) is 17.2. The normalized spacial score (nSPS) is 14.8. The molecule has 0 heterocycles. The second-order valence-corrected chi connectivity index (χ2v) is 6.63. The van der Waals surface area contributed by atoms with Crippen molar-refractivity contribution >= 4 is 0 Å². The quantitative estimate of drug-likeness (QED) is 0.742. The Morgan fingerprint density at radius 1 is 1.20 bits per heavy atom. The van der Waals surface area contributed by atoms with Gasteiger partial charge >= 0.3 is 0 Å². The Morgan fingerprint density at radius 2 is 1.85 bits per heavy atom. The zero-order valence-corrected chi connectivity index (χ0v) is 13.9. The Hall–Kier alpha value is -0.860. The van der Waals surface area contributed by atoms with Crippen LogP contribution >= 0.6 is 0 Å². The third-order valence-corrected chi connectivity index (χ3v) is 3.94. The molecule has 114 valence electrons. The fourth-order valence-electron chi connectivity index (χ4n) is 2.64. The van der Waals surface area contributed by atoms with Gasteiger partial charge in [-0.1, -0.05) is 58.0 Å². The smallest absolute Gasteiger partial charge is 0.0176 e. The lowest BCUT2D eigenvalue weighted by Gasteiger charge is -2.35. The highest BCUT2D eigenvalue weighted by Gasteiger charge is 2.27. The van der Waals surface area contributed by atoms with Crippen molar-refractivity contribution in [3.8, 4) is 0 Å². The number of nitrogens with one attached hydrogen (secondary N) is 1. The summed E-state index contributed by atoms with van der Waals surface area (Å²) >= 11 is 0. The van der Waals surface area contributed by atoms with E-state index >= 15 is 0 Å². The predicted molar refractivity (Wildman–Crippen MR) is 89.3 cm³/mol. The largest absolute Gasteiger partial charge is 0.316 e. The van der Waals surface area contributed by atoms with Crippen LogP contribution in [-0.2, 0) is 5.41 Å². The third kappa shape index (κ3) is 5.64. The SMILES string of the molecule is CCNCC(C)(CN(C)CCC(C)C)c1ccccc1. The van der Waals surface area contributed by atoms with Crippen LogP contribution < -0.4 is 5.32 Å². The summed E-state index contributed by atoms with van der Waals surface area (Å²) in [7, 11) is 2.25. The highest BCUT2D eigenvalue weighted by Crippen LogP contribution is 2.24. The average Bonchev–Trinajstić information content (AvgIpc) is 2.44. The van der Waals surface area contributed by atoms with Crippen LogP contribution in [-0.4, -0.2) is 38.1 Å². The average molecular weight is 276 g/mol. The van der Waals surface area contributed by atoms with Gasteiger partial charge in [-0.05, 0) is 38.0 Å². The van der Waals surface area contributed by atoms with Crippen molar-refractivity contribution in [2.24, 2.45) is 5.92 Å². The Morgan fingerprint density at radius 3 is 2.40 bits per heavy atom. The highest BCUT2D eigenvalue weighted by atomic mass is 15.1. The first-order valence-electron chi connectivity index (χ1n) is 7.92. The Balaban J connectivity index is 2.73. The summed E-state index contributed by atoms with van der Waals surface area (Å²) in [5, 5.41) is 3.53. The molecule has 1 rings (SSSR count). The summed E-state index contributed by atoms with van der Waals surface area (Å²) in [5.41, 5.74) is 1.60. The number of benzene rings is 1. The molecule has 0 saturated carbocycles. The van der Waals surface area contributed by atoms with E-state index in [0.29, 0.717) is 0 Å². The fourth-order valence-corrected chi connectivity index (χ4v) is 2.64. The molecule has 1 N–H and O–H groups in total. The van der Waals surface area contributed by atoms with E-state index in [-0.39, 0.29) is 5.41 Å². The molecule has 0 aliphatic rings. The van der Waals surface area contributed by atoms with Gasteiger partial charge in [0.25, 0.3) is 0 Å². The standard InChI is InChI=1S/C18H32N2/c1-6-19-14-18(4,17-10-8-7-9-11-17)15-20(5)13-12-16(2)3/h7-11,16,19H,6,12-15H2,1-5H3. The van der Waals surface area contributed by atoms with Gasteiger partial charge in [0.2, 0.25) is 0 Å². The minimum absolute atomic E-state index is 0.170. The molecule has 1 aromatic rings. The minimum atomic E-state index is 0.170. The summed E-state index contributed by atoms with van der Waals surface area (Å²) < 4.78 is 0. The lowest BCUT2D eigenvalue weighted by molar-refractivity contribution is 0.239. The maximum atomic E-state index is 3.53. The molecule has 0 saturated heterocycles. The molecular formula is C18H32N2. The van der Waals surface area contributed by atoms with Crippen LogP contribution in [0.1, 0.15) is 39.7 Å². The number of hydrogen-bond donors (Lipinski definition) is 1. The molecule has 0 aliphatic heterocycles. The van der Waals surface area contributed by atoms with E-state index in [9.17, 15) is 0 Å². The van der Waals surface area contributed by atoms with Gasteiger partial charge in [0.1, 0.15) is 0 Å². The van der Waals surface area contributed by atoms with E-state index in [1.165, 1.54) is 18.5 Å². The maximum Gasteiger partial charge on any atom is 0.0176 e. The van der Waals surface area contributed by atoms with Gasteiger partial charge in [0.05, 0.1) is 0 Å². The monoisotopic (exact) mass is 276 g/mol. The Labute approximate surface area is 125 Å². The summed E-state index contributed by atoms with van der Waals surface area (Å²) in [4.78, 5) is 2.48. The Bertz CT molecular complexity index is 361. The lowest BCUT2D eigenvalue weighted by atomic mass is 9.81. The topological polar surface area (TPSA) is 15.3 Å². The van der Waals surface area contributed by atoms with Crippen molar-refractivity contribution in [2.45, 2.75) is 39.5 Å². The summed E-state index contributed by atoms with van der Waals surface area (Å²) in [6, 6.07) is 10.9. The first-order chi connectivity index (χ1) is 9.48. The molecule has 0 radical (unpaired) electrons. The molecule has 1 unspecified atom stereocenters. The lowest BCUT2D eigenvalue weighted by Crippen LogP contribution is -2.44. The van der Waals surface area contributed by atoms with Crippen LogP contribution in [0.25, 0.3) is 0 Å². The van der Waals surface area contributed by atoms with Gasteiger partial charge in [0, 0.05) is 18.5 Å². The van der Waals surface area contributed by atoms with Gasteiger partial charge in [-0.15, -0.1) is 0 Å². The van der Waals surface area contributed by atoms with E-state index in [1.54, 1.807) is 0 Å². The molecule has 0 fully saturated rings. The number of likely N-dealkylation sites (N-methyl/N-ethyl adjacent to an activating group) is 2. The summed E-state index contributed by atoms with van der Waals surface area (Å²) in [5.74, 6) is 0.772. The van der Waals surface area contributed by atoms with E-state index in [2.05, 4.69) is 75.3 Å². The second-order valence-electron chi connectivity index (χ2n) is 6.63. The second kappa shape index (κ2) is 8.43. The summed E-state index contributed by atoms with van der Waals surface area (Å²) in [6.45, 7) is 13.5. The molecule has 2 heteroatoms. The van der Waals surface area contributed by atoms with Gasteiger partial charge in [0.15, 0.2) is 0 Å². The molecule has 1 atom stereocenters. The van der Waals surface area contributed by atoms with Crippen molar-refractivity contribution in [1.29, 1.82) is 0 Å². The molecule has 0 bridgehead atoms. The number of hydrogen-bond acceptors (Lipinski definition) is 2.